The Balaban J connectivity index is 3.08. The quantitative estimate of drug-likeness (QED) is 0.548. The normalized spacial score (nSPS) is 11.1. The monoisotopic (exact) mass is 252 g/mol. The molecular weight excluding hydrogens is 240 g/mol. The summed E-state index contributed by atoms with van der Waals surface area (Å²) in [7, 11) is -3.78. The highest BCUT2D eigenvalue weighted by Crippen LogP contribution is 2.12. The second-order valence-electron chi connectivity index (χ2n) is 3.18. The summed E-state index contributed by atoms with van der Waals surface area (Å²) in [6.45, 7) is 2.06. The van der Waals surface area contributed by atoms with E-state index in [0.29, 0.717) is 6.54 Å². The first kappa shape index (κ1) is 13.2. The third-order valence-electron chi connectivity index (χ3n) is 2.09. The number of sulfonamides is 1. The lowest BCUT2D eigenvalue weighted by Gasteiger charge is -2.14. The van der Waals surface area contributed by atoms with Crippen LogP contribution in [-0.4, -0.2) is 35.4 Å². The minimum absolute atomic E-state index is 0.0927. The van der Waals surface area contributed by atoms with Crippen LogP contribution in [0.15, 0.2) is 17.6 Å². The van der Waals surface area contributed by atoms with E-state index in [2.05, 4.69) is 10.9 Å². The lowest BCUT2D eigenvalue weighted by Crippen LogP contribution is -2.32. The summed E-state index contributed by atoms with van der Waals surface area (Å²) < 4.78 is 26.6. The fourth-order valence-corrected chi connectivity index (χ4v) is 2.37. The molecule has 1 aromatic heterocycles. The van der Waals surface area contributed by atoms with Gasteiger partial charge in [-0.25, -0.2) is 13.4 Å². The van der Waals surface area contributed by atoms with E-state index in [9.17, 15) is 8.42 Å². The standard InChI is InChI=1S/C10H12N4O2S/c1-3-6-14(7-5-11)17(15,16)10-8-13(4-2)9-12-10/h1,8-9H,4,6-7H2,2H3. The molecule has 0 saturated carbocycles. The van der Waals surface area contributed by atoms with E-state index in [1.165, 1.54) is 12.5 Å². The van der Waals surface area contributed by atoms with Crippen LogP contribution < -0.4 is 0 Å². The molecule has 0 N–H and O–H groups in total. The molecule has 1 aromatic rings. The maximum atomic E-state index is 12.0. The van der Waals surface area contributed by atoms with Crippen molar-refractivity contribution in [1.29, 1.82) is 5.26 Å². The molecule has 0 bridgehead atoms. The van der Waals surface area contributed by atoms with E-state index >= 15 is 0 Å². The summed E-state index contributed by atoms with van der Waals surface area (Å²) in [6, 6.07) is 1.77. The Morgan fingerprint density at radius 3 is 2.76 bits per heavy atom. The first-order valence-electron chi connectivity index (χ1n) is 4.88. The van der Waals surface area contributed by atoms with Crippen LogP contribution in [0.2, 0.25) is 0 Å². The van der Waals surface area contributed by atoms with Gasteiger partial charge in [-0.3, -0.25) is 0 Å². The highest BCUT2D eigenvalue weighted by atomic mass is 32.2. The number of imidazole rings is 1. The molecule has 1 heterocycles. The van der Waals surface area contributed by atoms with Gasteiger partial charge >= 0.3 is 0 Å². The van der Waals surface area contributed by atoms with E-state index in [1.54, 1.807) is 10.6 Å². The van der Waals surface area contributed by atoms with Gasteiger partial charge in [-0.2, -0.15) is 9.57 Å². The molecule has 0 amide bonds. The first-order valence-corrected chi connectivity index (χ1v) is 6.32. The van der Waals surface area contributed by atoms with E-state index in [-0.39, 0.29) is 18.1 Å². The summed E-state index contributed by atoms with van der Waals surface area (Å²) in [5, 5.41) is 8.48. The molecule has 0 spiro atoms. The number of hydrogen-bond donors (Lipinski definition) is 0. The number of nitrogens with zero attached hydrogens (tertiary/aromatic N) is 4. The molecule has 0 fully saturated rings. The predicted octanol–water partition coefficient (Wildman–Crippen LogP) is 0.0505. The molecule has 7 heteroatoms. The fourth-order valence-electron chi connectivity index (χ4n) is 1.18. The number of nitriles is 1. The third kappa shape index (κ3) is 2.84. The van der Waals surface area contributed by atoms with E-state index in [0.717, 1.165) is 4.31 Å². The molecule has 0 radical (unpaired) electrons. The summed E-state index contributed by atoms with van der Waals surface area (Å²) in [6.07, 6.45) is 7.91. The van der Waals surface area contributed by atoms with Crippen molar-refractivity contribution in [2.24, 2.45) is 0 Å². The van der Waals surface area contributed by atoms with E-state index < -0.39 is 10.0 Å². The van der Waals surface area contributed by atoms with Crippen molar-refractivity contribution in [3.63, 3.8) is 0 Å². The molecule has 0 saturated heterocycles. The molecule has 0 aliphatic carbocycles. The van der Waals surface area contributed by atoms with Crippen LogP contribution in [0.1, 0.15) is 6.92 Å². The van der Waals surface area contributed by atoms with Gasteiger partial charge in [-0.1, -0.05) is 5.92 Å². The maximum Gasteiger partial charge on any atom is 0.263 e. The van der Waals surface area contributed by atoms with Crippen molar-refractivity contribution in [3.05, 3.63) is 12.5 Å². The van der Waals surface area contributed by atoms with Gasteiger partial charge in [-0.15, -0.1) is 6.42 Å². The van der Waals surface area contributed by atoms with Crippen LogP contribution in [0.25, 0.3) is 0 Å². The number of aromatic nitrogens is 2. The van der Waals surface area contributed by atoms with Gasteiger partial charge in [0.1, 0.15) is 6.54 Å². The molecule has 0 unspecified atom stereocenters. The Kier molecular flexibility index (Phi) is 4.27. The Morgan fingerprint density at radius 2 is 2.29 bits per heavy atom. The second-order valence-corrected chi connectivity index (χ2v) is 5.06. The average molecular weight is 252 g/mol. The van der Waals surface area contributed by atoms with Gasteiger partial charge < -0.3 is 4.57 Å². The van der Waals surface area contributed by atoms with E-state index in [1.807, 2.05) is 6.92 Å². The number of hydrogen-bond acceptors (Lipinski definition) is 4. The molecule has 0 aliphatic heterocycles. The summed E-state index contributed by atoms with van der Waals surface area (Å²) in [5.41, 5.74) is 0. The lowest BCUT2D eigenvalue weighted by atomic mass is 10.6. The van der Waals surface area contributed by atoms with Crippen molar-refractivity contribution in [3.8, 4) is 18.4 Å². The summed E-state index contributed by atoms with van der Waals surface area (Å²) in [5.74, 6) is 2.21. The van der Waals surface area contributed by atoms with Crippen molar-refractivity contribution < 1.29 is 8.42 Å². The molecule has 0 aromatic carbocycles. The lowest BCUT2D eigenvalue weighted by molar-refractivity contribution is 0.478. The summed E-state index contributed by atoms with van der Waals surface area (Å²) in [4.78, 5) is 3.80. The molecule has 0 aliphatic rings. The molecule has 90 valence electrons. The largest absolute Gasteiger partial charge is 0.336 e. The fraction of sp³-hybridized carbons (Fsp3) is 0.400. The minimum Gasteiger partial charge on any atom is -0.336 e. The topological polar surface area (TPSA) is 79.0 Å². The Labute approximate surface area is 101 Å². The molecule has 1 rings (SSSR count). The Bertz CT molecular complexity index is 546. The van der Waals surface area contributed by atoms with Crippen molar-refractivity contribution in [1.82, 2.24) is 13.9 Å². The maximum absolute atomic E-state index is 12.0. The van der Waals surface area contributed by atoms with Crippen LogP contribution >= 0.6 is 0 Å². The first-order chi connectivity index (χ1) is 8.06. The Hall–Kier alpha value is -1.83. The van der Waals surface area contributed by atoms with Gasteiger partial charge in [0.25, 0.3) is 10.0 Å². The van der Waals surface area contributed by atoms with Crippen LogP contribution in [0.5, 0.6) is 0 Å². The second kappa shape index (κ2) is 5.48. The highest BCUT2D eigenvalue weighted by Gasteiger charge is 2.25. The van der Waals surface area contributed by atoms with Gasteiger partial charge in [-0.05, 0) is 6.92 Å². The average Bonchev–Trinajstić information content (AvgIpc) is 2.78. The van der Waals surface area contributed by atoms with Gasteiger partial charge in [0.2, 0.25) is 0 Å². The van der Waals surface area contributed by atoms with Crippen molar-refractivity contribution in [2.75, 3.05) is 13.1 Å². The zero-order valence-electron chi connectivity index (χ0n) is 9.37. The summed E-state index contributed by atoms with van der Waals surface area (Å²) >= 11 is 0. The van der Waals surface area contributed by atoms with Gasteiger partial charge in [0.05, 0.1) is 18.9 Å². The van der Waals surface area contributed by atoms with Crippen molar-refractivity contribution >= 4 is 10.0 Å². The molecule has 6 nitrogen and oxygen atoms in total. The minimum atomic E-state index is -3.78. The Morgan fingerprint density at radius 1 is 1.59 bits per heavy atom. The smallest absolute Gasteiger partial charge is 0.263 e. The van der Waals surface area contributed by atoms with Crippen LogP contribution in [0.3, 0.4) is 0 Å². The number of aryl methyl sites for hydroxylation is 1. The number of rotatable bonds is 5. The number of terminal acetylenes is 1. The van der Waals surface area contributed by atoms with Crippen molar-refractivity contribution in [2.45, 2.75) is 18.5 Å². The molecular formula is C10H12N4O2S. The van der Waals surface area contributed by atoms with Crippen LogP contribution in [0.4, 0.5) is 0 Å². The SMILES string of the molecule is C#CCN(CC#N)S(=O)(=O)c1cn(CC)cn1. The zero-order chi connectivity index (χ0) is 12.9. The van der Waals surface area contributed by atoms with Crippen LogP contribution in [-0.2, 0) is 16.6 Å². The van der Waals surface area contributed by atoms with Gasteiger partial charge in [0.15, 0.2) is 5.03 Å². The highest BCUT2D eigenvalue weighted by molar-refractivity contribution is 7.89. The predicted molar refractivity (Wildman–Crippen MR) is 61.1 cm³/mol. The van der Waals surface area contributed by atoms with Gasteiger partial charge in [0, 0.05) is 12.7 Å². The molecule has 17 heavy (non-hydrogen) atoms. The van der Waals surface area contributed by atoms with Crippen LogP contribution in [0, 0.1) is 23.7 Å². The third-order valence-corrected chi connectivity index (χ3v) is 3.77. The zero-order valence-corrected chi connectivity index (χ0v) is 10.2. The van der Waals surface area contributed by atoms with E-state index in [4.69, 9.17) is 11.7 Å². The molecule has 0 atom stereocenters.